The number of hydrogen-bond donors (Lipinski definition) is 1. The average Bonchev–Trinajstić information content (AvgIpc) is 3.38. The van der Waals surface area contributed by atoms with Gasteiger partial charge in [0.25, 0.3) is 11.5 Å². The molecule has 1 saturated heterocycles. The number of halogens is 1. The Kier molecular flexibility index (Phi) is 8.58. The van der Waals surface area contributed by atoms with Crippen LogP contribution >= 0.6 is 0 Å². The van der Waals surface area contributed by atoms with Crippen LogP contribution in [0, 0.1) is 5.95 Å². The van der Waals surface area contributed by atoms with E-state index in [-0.39, 0.29) is 22.3 Å². The van der Waals surface area contributed by atoms with E-state index >= 15 is 0 Å². The van der Waals surface area contributed by atoms with Crippen LogP contribution in [-0.2, 0) is 18.9 Å². The van der Waals surface area contributed by atoms with Gasteiger partial charge in [-0.15, -0.1) is 0 Å². The monoisotopic (exact) mass is 601 g/mol. The zero-order chi connectivity index (χ0) is 31.4. The summed E-state index contributed by atoms with van der Waals surface area (Å²) >= 11 is 0. The van der Waals surface area contributed by atoms with Crippen LogP contribution in [0.3, 0.4) is 0 Å². The Morgan fingerprint density at radius 2 is 1.36 bits per heavy atom. The lowest BCUT2D eigenvalue weighted by Crippen LogP contribution is -2.41. The van der Waals surface area contributed by atoms with Crippen LogP contribution in [0.2, 0.25) is 0 Å². The van der Waals surface area contributed by atoms with Gasteiger partial charge >= 0.3 is 17.9 Å². The summed E-state index contributed by atoms with van der Waals surface area (Å²) in [5.41, 5.74) is 3.54. The normalized spacial score (nSPS) is 19.1. The van der Waals surface area contributed by atoms with Crippen molar-refractivity contribution in [1.82, 2.24) is 9.55 Å². The van der Waals surface area contributed by atoms with Gasteiger partial charge in [0.15, 0.2) is 24.1 Å². The number of nitrogens with zero attached hydrogens (tertiary/aromatic N) is 2. The third kappa shape index (κ3) is 5.94. The highest BCUT2D eigenvalue weighted by Gasteiger charge is 2.52. The molecule has 1 amide bonds. The van der Waals surface area contributed by atoms with E-state index in [0.717, 1.165) is 0 Å². The average molecular weight is 602 g/mol. The first-order valence-corrected chi connectivity index (χ1v) is 13.1. The van der Waals surface area contributed by atoms with Crippen LogP contribution in [0.25, 0.3) is 0 Å². The molecule has 1 aromatic heterocycles. The molecule has 13 heteroatoms. The minimum Gasteiger partial charge on any atom is -0.465 e. The molecule has 0 bridgehead atoms. The lowest BCUT2D eigenvalue weighted by atomic mass is 9.97. The van der Waals surface area contributed by atoms with E-state index in [1.54, 1.807) is 48.5 Å². The standard InChI is InChI=1S/C31H24FN3O9/c1-41-31(40)20-15-9-8-14-19(20)23-24(43-29(38)17-10-4-2-5-11-17)25(44-30(39)18-12-6-3-7-13-18)28(42-23)35-16-21(32)34-22(26(33)36)27(35)37/h2-16,23-25,28H,1H3,(H2,33,36)/t23-,24-,25-,28-/m1/s1. The number of esters is 3. The van der Waals surface area contributed by atoms with E-state index in [1.807, 2.05) is 0 Å². The molecule has 0 aliphatic carbocycles. The van der Waals surface area contributed by atoms with Crippen molar-refractivity contribution in [3.63, 3.8) is 0 Å². The molecule has 12 nitrogen and oxygen atoms in total. The van der Waals surface area contributed by atoms with Gasteiger partial charge in [0.1, 0.15) is 6.10 Å². The third-order valence-electron chi connectivity index (χ3n) is 6.78. The fourth-order valence-corrected chi connectivity index (χ4v) is 4.77. The van der Waals surface area contributed by atoms with Crippen molar-refractivity contribution in [2.24, 2.45) is 5.73 Å². The predicted molar refractivity (Wildman–Crippen MR) is 149 cm³/mol. The van der Waals surface area contributed by atoms with E-state index in [4.69, 9.17) is 24.7 Å². The number of hydrogen-bond acceptors (Lipinski definition) is 10. The number of carbonyl (C=O) groups excluding carboxylic acids is 4. The Labute approximate surface area is 248 Å². The second kappa shape index (κ2) is 12.7. The van der Waals surface area contributed by atoms with E-state index in [9.17, 15) is 28.4 Å². The fraction of sp³-hybridized carbons (Fsp3) is 0.161. The highest BCUT2D eigenvalue weighted by molar-refractivity contribution is 5.92. The number of benzene rings is 3. The smallest absolute Gasteiger partial charge is 0.338 e. The molecule has 2 heterocycles. The number of aromatic nitrogens is 2. The summed E-state index contributed by atoms with van der Waals surface area (Å²) in [7, 11) is 1.17. The van der Waals surface area contributed by atoms with Gasteiger partial charge in [-0.1, -0.05) is 54.6 Å². The third-order valence-corrected chi connectivity index (χ3v) is 6.78. The molecule has 0 saturated carbocycles. The summed E-state index contributed by atoms with van der Waals surface area (Å²) in [5.74, 6) is -5.11. The quantitative estimate of drug-likeness (QED) is 0.234. The van der Waals surface area contributed by atoms with Crippen molar-refractivity contribution < 1.29 is 42.5 Å². The molecule has 4 atom stereocenters. The number of amides is 1. The number of ether oxygens (including phenoxy) is 4. The van der Waals surface area contributed by atoms with E-state index < -0.39 is 65.6 Å². The lowest BCUT2D eigenvalue weighted by molar-refractivity contribution is -0.0529. The van der Waals surface area contributed by atoms with Crippen molar-refractivity contribution in [2.45, 2.75) is 24.5 Å². The number of nitrogens with two attached hydrogens (primary N) is 1. The summed E-state index contributed by atoms with van der Waals surface area (Å²) < 4.78 is 38.1. The van der Waals surface area contributed by atoms with Crippen molar-refractivity contribution in [2.75, 3.05) is 7.11 Å². The first-order valence-electron chi connectivity index (χ1n) is 13.1. The molecule has 3 aromatic carbocycles. The van der Waals surface area contributed by atoms with Crippen LogP contribution in [-0.4, -0.2) is 52.7 Å². The van der Waals surface area contributed by atoms with Gasteiger partial charge in [-0.3, -0.25) is 14.2 Å². The zero-order valence-corrected chi connectivity index (χ0v) is 23.0. The van der Waals surface area contributed by atoms with Crippen molar-refractivity contribution in [3.8, 4) is 0 Å². The van der Waals surface area contributed by atoms with Gasteiger partial charge in [-0.2, -0.15) is 4.39 Å². The van der Waals surface area contributed by atoms with Crippen LogP contribution < -0.4 is 11.3 Å². The Morgan fingerprint density at radius 3 is 1.93 bits per heavy atom. The Balaban J connectivity index is 1.69. The zero-order valence-electron chi connectivity index (χ0n) is 23.0. The van der Waals surface area contributed by atoms with Gasteiger partial charge in [-0.05, 0) is 35.9 Å². The topological polar surface area (TPSA) is 166 Å². The largest absolute Gasteiger partial charge is 0.465 e. The number of rotatable bonds is 8. The van der Waals surface area contributed by atoms with Gasteiger partial charge in [0, 0.05) is 0 Å². The molecule has 1 aliphatic heterocycles. The Bertz CT molecular complexity index is 1780. The first-order chi connectivity index (χ1) is 21.2. The molecule has 1 fully saturated rings. The second-order valence-corrected chi connectivity index (χ2v) is 9.49. The summed E-state index contributed by atoms with van der Waals surface area (Å²) in [6, 6.07) is 21.7. The SMILES string of the molecule is COC(=O)c1ccccc1[C@H]1O[C@@H](n2cc(F)nc(C(N)=O)c2=O)[C@H](OC(=O)c2ccccc2)[C@@H]1OC(=O)c1ccccc1. The Morgan fingerprint density at radius 1 is 0.818 bits per heavy atom. The van der Waals surface area contributed by atoms with Crippen LogP contribution in [0.4, 0.5) is 4.39 Å². The first kappa shape index (κ1) is 29.8. The molecule has 2 N–H and O–H groups in total. The molecule has 224 valence electrons. The van der Waals surface area contributed by atoms with Crippen LogP contribution in [0.1, 0.15) is 59.5 Å². The minimum absolute atomic E-state index is 0.0145. The molecule has 0 spiro atoms. The molecule has 1 aliphatic rings. The maximum absolute atomic E-state index is 14.7. The minimum atomic E-state index is -1.70. The summed E-state index contributed by atoms with van der Waals surface area (Å²) in [6.07, 6.45) is -5.60. The van der Waals surface area contributed by atoms with Crippen molar-refractivity contribution in [1.29, 1.82) is 0 Å². The lowest BCUT2D eigenvalue weighted by Gasteiger charge is -2.25. The molecule has 0 radical (unpaired) electrons. The van der Waals surface area contributed by atoms with E-state index in [1.165, 1.54) is 43.5 Å². The summed E-state index contributed by atoms with van der Waals surface area (Å²) in [5, 5.41) is 0. The van der Waals surface area contributed by atoms with Gasteiger partial charge in [-0.25, -0.2) is 19.4 Å². The highest BCUT2D eigenvalue weighted by Crippen LogP contribution is 2.43. The number of primary amides is 1. The van der Waals surface area contributed by atoms with Crippen LogP contribution in [0.5, 0.6) is 0 Å². The second-order valence-electron chi connectivity index (χ2n) is 9.49. The number of carbonyl (C=O) groups is 4. The van der Waals surface area contributed by atoms with Crippen LogP contribution in [0.15, 0.2) is 95.9 Å². The van der Waals surface area contributed by atoms with Crippen molar-refractivity contribution >= 4 is 23.8 Å². The maximum Gasteiger partial charge on any atom is 0.338 e. The van der Waals surface area contributed by atoms with E-state index in [2.05, 4.69) is 4.98 Å². The summed E-state index contributed by atoms with van der Waals surface area (Å²) in [6.45, 7) is 0. The predicted octanol–water partition coefficient (Wildman–Crippen LogP) is 2.99. The van der Waals surface area contributed by atoms with Gasteiger partial charge in [0.2, 0.25) is 5.95 Å². The van der Waals surface area contributed by atoms with Crippen molar-refractivity contribution in [3.05, 3.63) is 135 Å². The number of methoxy groups -OCH3 is 1. The summed E-state index contributed by atoms with van der Waals surface area (Å²) in [4.78, 5) is 67.9. The van der Waals surface area contributed by atoms with Gasteiger partial charge < -0.3 is 24.7 Å². The molecule has 0 unspecified atom stereocenters. The molecule has 44 heavy (non-hydrogen) atoms. The highest BCUT2D eigenvalue weighted by atomic mass is 19.1. The molecule has 5 rings (SSSR count). The van der Waals surface area contributed by atoms with E-state index in [0.29, 0.717) is 10.8 Å². The van der Waals surface area contributed by atoms with Gasteiger partial charge in [0.05, 0.1) is 30.0 Å². The molecule has 4 aromatic rings. The molecular formula is C31H24FN3O9. The molecular weight excluding hydrogens is 577 g/mol. The maximum atomic E-state index is 14.7. The fourth-order valence-electron chi connectivity index (χ4n) is 4.77. The Hall–Kier alpha value is -5.69.